The van der Waals surface area contributed by atoms with Crippen LogP contribution < -0.4 is 10.8 Å². The van der Waals surface area contributed by atoms with Gasteiger partial charge in [0.05, 0.1) is 0 Å². The summed E-state index contributed by atoms with van der Waals surface area (Å²) in [4.78, 5) is 21.3. The third kappa shape index (κ3) is 4.75. The van der Waals surface area contributed by atoms with Crippen molar-refractivity contribution < 1.29 is 25.1 Å². The van der Waals surface area contributed by atoms with Crippen molar-refractivity contribution in [2.45, 2.75) is 26.1 Å². The van der Waals surface area contributed by atoms with Gasteiger partial charge in [-0.15, -0.1) is 0 Å². The average Bonchev–Trinajstić information content (AvgIpc) is 2.37. The summed E-state index contributed by atoms with van der Waals surface area (Å²) in [5.74, 6) is -2.89. The molecule has 0 heterocycles. The van der Waals surface area contributed by atoms with E-state index in [-0.39, 0.29) is 12.1 Å². The molecule has 0 aliphatic carbocycles. The van der Waals surface area contributed by atoms with Gasteiger partial charge in [0.15, 0.2) is 5.78 Å². The Kier molecular flexibility index (Phi) is 5.93. The molecule has 1 aromatic carbocycles. The maximum Gasteiger partial charge on any atom is 0.261 e. The van der Waals surface area contributed by atoms with Gasteiger partial charge in [0.2, 0.25) is 0 Å². The highest BCUT2D eigenvalue weighted by Gasteiger charge is 2.35. The van der Waals surface area contributed by atoms with Gasteiger partial charge in [0.1, 0.15) is 0 Å². The second-order valence-electron chi connectivity index (χ2n) is 5.51. The monoisotopic (exact) mass is 299 g/mol. The molecular weight excluding hydrogens is 277 g/mol. The molecule has 0 saturated carbocycles. The number of carbonyl (C=O) groups excluding carboxylic acids is 1. The van der Waals surface area contributed by atoms with Crippen LogP contribution >= 0.6 is 7.37 Å². The van der Waals surface area contributed by atoms with E-state index >= 15 is 0 Å². The van der Waals surface area contributed by atoms with Crippen LogP contribution in [0.5, 0.6) is 0 Å². The number of carboxylic acids is 1. The van der Waals surface area contributed by atoms with Crippen LogP contribution in [0, 0.1) is 11.8 Å². The highest BCUT2D eigenvalue weighted by Crippen LogP contribution is 2.53. The summed E-state index contributed by atoms with van der Waals surface area (Å²) in [5, 5.41) is 11.1. The standard InChI is InChI=1S/C14H22NO4P/c1-10(2)8-12(14(16)17)9-20(18,19)13(15)11-6-4-3-5-7-11/h3-7,10,12-13H,8-9,15H2,1-2H3,(H,16,17)(H,18,19)/t12-,13-/m0/s1. The third-order valence-electron chi connectivity index (χ3n) is 3.24. The molecule has 1 unspecified atom stereocenters. The van der Waals surface area contributed by atoms with Crippen molar-refractivity contribution in [3.8, 4) is 0 Å². The van der Waals surface area contributed by atoms with Crippen molar-refractivity contribution in [3.05, 3.63) is 35.9 Å². The minimum absolute atomic E-state index is 0.123. The molecule has 0 aliphatic rings. The molecule has 1 aromatic rings. The Morgan fingerprint density at radius 2 is 1.90 bits per heavy atom. The summed E-state index contributed by atoms with van der Waals surface area (Å²) >= 11 is 0. The minimum Gasteiger partial charge on any atom is -0.550 e. The minimum atomic E-state index is -3.70. The molecule has 0 radical (unpaired) electrons. The van der Waals surface area contributed by atoms with E-state index in [4.69, 9.17) is 0 Å². The lowest BCUT2D eigenvalue weighted by atomic mass is 9.99. The molecular formula is C14H22NO4P. The Bertz CT molecular complexity index is 489. The van der Waals surface area contributed by atoms with E-state index in [9.17, 15) is 19.4 Å². The molecule has 112 valence electrons. The fourth-order valence-corrected chi connectivity index (χ4v) is 3.99. The van der Waals surface area contributed by atoms with Gasteiger partial charge >= 0.3 is 0 Å². The van der Waals surface area contributed by atoms with E-state index in [1.165, 1.54) is 0 Å². The van der Waals surface area contributed by atoms with E-state index in [1.54, 1.807) is 30.3 Å². The summed E-state index contributed by atoms with van der Waals surface area (Å²) < 4.78 is 12.4. The SMILES string of the molecule is CC(C)C[C@@H](CP(=O)(O)[C@H]([NH3+])c1ccccc1)C(=O)[O-]. The average molecular weight is 299 g/mol. The molecule has 0 fully saturated rings. The van der Waals surface area contributed by atoms with Gasteiger partial charge in [0.25, 0.3) is 7.37 Å². The van der Waals surface area contributed by atoms with Crippen molar-refractivity contribution in [2.24, 2.45) is 11.8 Å². The maximum atomic E-state index is 12.4. The first-order valence-electron chi connectivity index (χ1n) is 6.64. The molecule has 5 nitrogen and oxygen atoms in total. The zero-order valence-electron chi connectivity index (χ0n) is 11.9. The molecule has 3 atom stereocenters. The van der Waals surface area contributed by atoms with E-state index in [0.29, 0.717) is 12.0 Å². The number of carboxylic acid groups (broad SMARTS) is 1. The number of quaternary nitrogens is 1. The van der Waals surface area contributed by atoms with Crippen molar-refractivity contribution in [1.29, 1.82) is 0 Å². The number of hydrogen-bond donors (Lipinski definition) is 2. The Morgan fingerprint density at radius 1 is 1.35 bits per heavy atom. The Morgan fingerprint density at radius 3 is 2.35 bits per heavy atom. The lowest BCUT2D eigenvalue weighted by molar-refractivity contribution is -0.397. The molecule has 20 heavy (non-hydrogen) atoms. The third-order valence-corrected chi connectivity index (χ3v) is 5.48. The van der Waals surface area contributed by atoms with Crippen molar-refractivity contribution >= 4 is 13.3 Å². The molecule has 0 saturated heterocycles. The topological polar surface area (TPSA) is 105 Å². The number of benzene rings is 1. The Hall–Kier alpha value is -1.16. The van der Waals surface area contributed by atoms with Crippen LogP contribution in [0.4, 0.5) is 0 Å². The summed E-state index contributed by atoms with van der Waals surface area (Å²) in [5.41, 5.74) is 4.38. The lowest BCUT2D eigenvalue weighted by Gasteiger charge is -2.24. The van der Waals surface area contributed by atoms with Crippen LogP contribution in [0.2, 0.25) is 0 Å². The molecule has 0 aliphatic heterocycles. The highest BCUT2D eigenvalue weighted by atomic mass is 31.2. The quantitative estimate of drug-likeness (QED) is 0.719. The van der Waals surface area contributed by atoms with Gasteiger partial charge in [-0.1, -0.05) is 44.2 Å². The number of rotatable bonds is 7. The molecule has 0 aromatic heterocycles. The highest BCUT2D eigenvalue weighted by molar-refractivity contribution is 7.58. The largest absolute Gasteiger partial charge is 0.550 e. The van der Waals surface area contributed by atoms with Gasteiger partial charge in [0, 0.05) is 23.6 Å². The Labute approximate surface area is 119 Å². The van der Waals surface area contributed by atoms with Gasteiger partial charge in [-0.05, 0) is 12.3 Å². The van der Waals surface area contributed by atoms with Crippen molar-refractivity contribution in [3.63, 3.8) is 0 Å². The first-order valence-corrected chi connectivity index (χ1v) is 8.55. The summed E-state index contributed by atoms with van der Waals surface area (Å²) in [6.45, 7) is 3.74. The molecule has 0 bridgehead atoms. The fraction of sp³-hybridized carbons (Fsp3) is 0.500. The molecule has 0 spiro atoms. The first kappa shape index (κ1) is 16.9. The molecule has 1 rings (SSSR count). The molecule has 0 amide bonds. The second kappa shape index (κ2) is 7.02. The van der Waals surface area contributed by atoms with Gasteiger partial charge in [-0.25, -0.2) is 0 Å². The zero-order chi connectivity index (χ0) is 15.3. The van der Waals surface area contributed by atoms with Crippen molar-refractivity contribution in [2.75, 3.05) is 6.16 Å². The van der Waals surface area contributed by atoms with E-state index in [0.717, 1.165) is 0 Å². The van der Waals surface area contributed by atoms with Gasteiger partial charge in [-0.3, -0.25) is 4.57 Å². The second-order valence-corrected chi connectivity index (χ2v) is 8.01. The molecule has 6 heteroatoms. The smallest absolute Gasteiger partial charge is 0.261 e. The predicted octanol–water partition coefficient (Wildman–Crippen LogP) is 0.610. The van der Waals surface area contributed by atoms with Crippen molar-refractivity contribution in [1.82, 2.24) is 0 Å². The normalized spacial score (nSPS) is 17.4. The summed E-state index contributed by atoms with van der Waals surface area (Å²) in [7, 11) is -3.70. The van der Waals surface area contributed by atoms with E-state index < -0.39 is 25.0 Å². The van der Waals surface area contributed by atoms with Gasteiger partial charge in [-0.2, -0.15) is 0 Å². The van der Waals surface area contributed by atoms with Crippen LogP contribution in [0.25, 0.3) is 0 Å². The zero-order valence-corrected chi connectivity index (χ0v) is 12.8. The van der Waals surface area contributed by atoms with Crippen LogP contribution in [0.15, 0.2) is 30.3 Å². The van der Waals surface area contributed by atoms with Crippen LogP contribution in [-0.2, 0) is 9.36 Å². The summed E-state index contributed by atoms with van der Waals surface area (Å²) in [6.07, 6.45) is 0.0327. The number of carbonyl (C=O) groups is 1. The van der Waals surface area contributed by atoms with Crippen LogP contribution in [0.3, 0.4) is 0 Å². The fourth-order valence-electron chi connectivity index (χ4n) is 2.17. The maximum absolute atomic E-state index is 12.4. The number of hydrogen-bond acceptors (Lipinski definition) is 3. The van der Waals surface area contributed by atoms with E-state index in [1.807, 2.05) is 13.8 Å². The van der Waals surface area contributed by atoms with Gasteiger partial charge < -0.3 is 20.5 Å². The summed E-state index contributed by atoms with van der Waals surface area (Å²) in [6, 6.07) is 8.77. The van der Waals surface area contributed by atoms with Crippen LogP contribution in [-0.4, -0.2) is 17.0 Å². The van der Waals surface area contributed by atoms with E-state index in [2.05, 4.69) is 5.73 Å². The first-order chi connectivity index (χ1) is 9.24. The molecule has 4 N–H and O–H groups in total. The number of aliphatic carboxylic acids is 1. The Balaban J connectivity index is 2.87. The predicted molar refractivity (Wildman–Crippen MR) is 74.7 cm³/mol. The lowest BCUT2D eigenvalue weighted by Crippen LogP contribution is -2.54. The van der Waals surface area contributed by atoms with Crippen LogP contribution in [0.1, 0.15) is 31.6 Å².